The second-order valence-corrected chi connectivity index (χ2v) is 8.73. The van der Waals surface area contributed by atoms with Crippen molar-refractivity contribution in [3.63, 3.8) is 0 Å². The smallest absolute Gasteiger partial charge is 0.265 e. The lowest BCUT2D eigenvalue weighted by molar-refractivity contribution is 0.221. The monoisotopic (exact) mass is 487 g/mol. The van der Waals surface area contributed by atoms with Crippen molar-refractivity contribution in [2.45, 2.75) is 18.9 Å². The lowest BCUT2D eigenvalue weighted by atomic mass is 10.1. The highest BCUT2D eigenvalue weighted by molar-refractivity contribution is 6.01. The summed E-state index contributed by atoms with van der Waals surface area (Å²) < 4.78 is 17.7. The topological polar surface area (TPSA) is 89.4 Å². The number of pyridine rings is 1. The van der Waals surface area contributed by atoms with Crippen LogP contribution in [-0.2, 0) is 0 Å². The van der Waals surface area contributed by atoms with E-state index in [4.69, 9.17) is 18.9 Å². The number of aliphatic imine (C=N–C) groups is 1. The maximum atomic E-state index is 13.4. The average Bonchev–Trinajstić information content (AvgIpc) is 3.63. The van der Waals surface area contributed by atoms with Gasteiger partial charge in [-0.05, 0) is 56.3 Å². The maximum absolute atomic E-state index is 13.4. The van der Waals surface area contributed by atoms with Gasteiger partial charge in [0.05, 0.1) is 44.3 Å². The predicted molar refractivity (Wildman–Crippen MR) is 139 cm³/mol. The largest absolute Gasteiger partial charge is 0.494 e. The Kier molecular flexibility index (Phi) is 6.77. The van der Waals surface area contributed by atoms with Gasteiger partial charge in [-0.25, -0.2) is 4.57 Å². The number of aromatic nitrogens is 1. The zero-order chi connectivity index (χ0) is 25.1. The first-order chi connectivity index (χ1) is 17.6. The van der Waals surface area contributed by atoms with Gasteiger partial charge in [0, 0.05) is 23.1 Å². The molecule has 1 aliphatic rings. The first-order valence-corrected chi connectivity index (χ1v) is 12.0. The van der Waals surface area contributed by atoms with Gasteiger partial charge in [-0.15, -0.1) is 0 Å². The quantitative estimate of drug-likeness (QED) is 0.367. The van der Waals surface area contributed by atoms with E-state index in [9.17, 15) is 9.90 Å². The summed E-state index contributed by atoms with van der Waals surface area (Å²) in [6.45, 7) is 2.47. The number of likely N-dealkylation sites (tertiary alicyclic amines) is 1. The molecule has 0 radical (unpaired) electrons. The summed E-state index contributed by atoms with van der Waals surface area (Å²) in [5, 5.41) is 12.5. The van der Waals surface area contributed by atoms with Crippen LogP contribution in [0.1, 0.15) is 30.2 Å². The van der Waals surface area contributed by atoms with Crippen molar-refractivity contribution < 1.29 is 19.0 Å². The van der Waals surface area contributed by atoms with E-state index in [0.29, 0.717) is 40.1 Å². The molecule has 2 aromatic carbocycles. The number of fused-ring (bicyclic) bond motifs is 1. The SMILES string of the molecule is COc1ccc(-n2c(O)c(C=NC[C@@H](c3ccco3)N3CCCC3)c3ccccc3c2=O)cc1OC. The lowest BCUT2D eigenvalue weighted by Crippen LogP contribution is -2.27. The molecule has 1 aliphatic heterocycles. The summed E-state index contributed by atoms with van der Waals surface area (Å²) in [5.41, 5.74) is 0.596. The van der Waals surface area contributed by atoms with Gasteiger partial charge in [-0.2, -0.15) is 0 Å². The van der Waals surface area contributed by atoms with Crippen LogP contribution in [0.4, 0.5) is 0 Å². The number of ether oxygens (including phenoxy) is 2. The van der Waals surface area contributed by atoms with Crippen LogP contribution in [0.25, 0.3) is 16.5 Å². The summed E-state index contributed by atoms with van der Waals surface area (Å²) in [4.78, 5) is 20.5. The molecule has 1 fully saturated rings. The highest BCUT2D eigenvalue weighted by Gasteiger charge is 2.25. The third-order valence-corrected chi connectivity index (χ3v) is 6.68. The molecule has 8 nitrogen and oxygen atoms in total. The van der Waals surface area contributed by atoms with Gasteiger partial charge >= 0.3 is 0 Å². The normalized spacial score (nSPS) is 15.1. The molecule has 0 spiro atoms. The van der Waals surface area contributed by atoms with Gasteiger partial charge in [0.25, 0.3) is 5.56 Å². The molecule has 1 atom stereocenters. The molecule has 2 aromatic heterocycles. The highest BCUT2D eigenvalue weighted by atomic mass is 16.5. The second-order valence-electron chi connectivity index (χ2n) is 8.73. The number of nitrogens with zero attached hydrogens (tertiary/aromatic N) is 3. The van der Waals surface area contributed by atoms with E-state index in [-0.39, 0.29) is 17.5 Å². The summed E-state index contributed by atoms with van der Waals surface area (Å²) in [7, 11) is 3.07. The molecule has 0 aliphatic carbocycles. The fourth-order valence-electron chi connectivity index (χ4n) is 4.86. The molecule has 1 saturated heterocycles. The van der Waals surface area contributed by atoms with Gasteiger partial charge in [-0.1, -0.05) is 18.2 Å². The van der Waals surface area contributed by atoms with E-state index in [1.54, 1.807) is 49.9 Å². The third-order valence-electron chi connectivity index (χ3n) is 6.68. The zero-order valence-electron chi connectivity index (χ0n) is 20.4. The van der Waals surface area contributed by atoms with Gasteiger partial charge in [0.2, 0.25) is 5.88 Å². The number of rotatable bonds is 8. The van der Waals surface area contributed by atoms with Crippen LogP contribution in [0.2, 0.25) is 0 Å². The molecule has 3 heterocycles. The average molecular weight is 488 g/mol. The molecular formula is C28H29N3O5. The summed E-state index contributed by atoms with van der Waals surface area (Å²) in [6, 6.07) is 16.2. The molecule has 186 valence electrons. The van der Waals surface area contributed by atoms with Crippen molar-refractivity contribution in [1.29, 1.82) is 0 Å². The highest BCUT2D eigenvalue weighted by Crippen LogP contribution is 2.32. The Hall–Kier alpha value is -4.04. The van der Waals surface area contributed by atoms with Gasteiger partial charge in [0.15, 0.2) is 11.5 Å². The Bertz CT molecular complexity index is 1440. The Morgan fingerprint density at radius 1 is 1.03 bits per heavy atom. The molecule has 0 bridgehead atoms. The maximum Gasteiger partial charge on any atom is 0.265 e. The Morgan fingerprint density at radius 3 is 2.47 bits per heavy atom. The van der Waals surface area contributed by atoms with E-state index in [2.05, 4.69) is 4.90 Å². The standard InChI is InChI=1S/C28H29N3O5/c1-34-25-12-11-19(16-26(25)35-2)31-27(32)21-9-4-3-8-20(21)22(28(31)33)17-29-18-23(24-10-7-15-36-24)30-13-5-6-14-30/h3-4,7-12,15-17,23,33H,5-6,13-14,18H2,1-2H3/t23-/m0/s1. The minimum Gasteiger partial charge on any atom is -0.494 e. The lowest BCUT2D eigenvalue weighted by Gasteiger charge is -2.24. The minimum absolute atomic E-state index is 0.0175. The zero-order valence-corrected chi connectivity index (χ0v) is 20.4. The third kappa shape index (κ3) is 4.35. The summed E-state index contributed by atoms with van der Waals surface area (Å²) >= 11 is 0. The number of hydrogen-bond donors (Lipinski definition) is 1. The van der Waals surface area contributed by atoms with E-state index in [1.807, 2.05) is 24.3 Å². The molecule has 0 saturated carbocycles. The number of hydrogen-bond acceptors (Lipinski definition) is 7. The molecule has 5 rings (SSSR count). The fourth-order valence-corrected chi connectivity index (χ4v) is 4.86. The van der Waals surface area contributed by atoms with E-state index < -0.39 is 0 Å². The Morgan fingerprint density at radius 2 is 1.78 bits per heavy atom. The van der Waals surface area contributed by atoms with Crippen molar-refractivity contribution in [3.05, 3.63) is 82.5 Å². The number of benzene rings is 2. The second kappa shape index (κ2) is 10.3. The van der Waals surface area contributed by atoms with E-state index in [0.717, 1.165) is 31.7 Å². The van der Waals surface area contributed by atoms with Gasteiger partial charge in [-0.3, -0.25) is 14.7 Å². The minimum atomic E-state index is -0.335. The van der Waals surface area contributed by atoms with Gasteiger partial charge < -0.3 is 19.0 Å². The van der Waals surface area contributed by atoms with Crippen molar-refractivity contribution >= 4 is 17.0 Å². The van der Waals surface area contributed by atoms with Gasteiger partial charge in [0.1, 0.15) is 5.76 Å². The fraction of sp³-hybridized carbons (Fsp3) is 0.286. The summed E-state index contributed by atoms with van der Waals surface area (Å²) in [6.07, 6.45) is 5.64. The summed E-state index contributed by atoms with van der Waals surface area (Å²) in [5.74, 6) is 1.67. The van der Waals surface area contributed by atoms with Crippen molar-refractivity contribution in [1.82, 2.24) is 9.47 Å². The predicted octanol–water partition coefficient (Wildman–Crippen LogP) is 4.56. The number of methoxy groups -OCH3 is 2. The Balaban J connectivity index is 1.58. The first-order valence-electron chi connectivity index (χ1n) is 12.0. The van der Waals surface area contributed by atoms with E-state index in [1.165, 1.54) is 11.7 Å². The molecule has 0 amide bonds. The Labute approximate surface area is 209 Å². The van der Waals surface area contributed by atoms with Crippen molar-refractivity contribution in [2.24, 2.45) is 4.99 Å². The van der Waals surface area contributed by atoms with Crippen LogP contribution >= 0.6 is 0 Å². The van der Waals surface area contributed by atoms with Crippen LogP contribution in [-0.4, -0.2) is 54.6 Å². The molecule has 4 aromatic rings. The van der Waals surface area contributed by atoms with Crippen molar-refractivity contribution in [2.75, 3.05) is 33.9 Å². The van der Waals surface area contributed by atoms with E-state index >= 15 is 0 Å². The number of aromatic hydroxyl groups is 1. The number of furan rings is 1. The van der Waals surface area contributed by atoms with Crippen molar-refractivity contribution in [3.8, 4) is 23.1 Å². The molecular weight excluding hydrogens is 458 g/mol. The molecule has 8 heteroatoms. The van der Waals surface area contributed by atoms with Crippen LogP contribution in [0, 0.1) is 0 Å². The molecule has 0 unspecified atom stereocenters. The van der Waals surface area contributed by atoms with Crippen LogP contribution in [0.5, 0.6) is 17.4 Å². The molecule has 36 heavy (non-hydrogen) atoms. The van der Waals surface area contributed by atoms with Crippen LogP contribution < -0.4 is 15.0 Å². The van der Waals surface area contributed by atoms with Crippen LogP contribution in [0.3, 0.4) is 0 Å². The molecule has 1 N–H and O–H groups in total. The van der Waals surface area contributed by atoms with Crippen LogP contribution in [0.15, 0.2) is 75.1 Å². The first kappa shape index (κ1) is 23.7.